The van der Waals surface area contributed by atoms with Crippen molar-refractivity contribution in [3.05, 3.63) is 47.8 Å². The lowest BCUT2D eigenvalue weighted by atomic mass is 10.3. The number of pyridine rings is 2. The van der Waals surface area contributed by atoms with Crippen molar-refractivity contribution < 1.29 is 19.1 Å². The molecular weight excluding hydrogens is 324 g/mol. The molecule has 0 spiro atoms. The molecule has 0 atom stereocenters. The highest BCUT2D eigenvalue weighted by atomic mass is 33.1. The second kappa shape index (κ2) is 7.81. The van der Waals surface area contributed by atoms with Crippen molar-refractivity contribution in [2.24, 2.45) is 0 Å². The van der Waals surface area contributed by atoms with Crippen LogP contribution in [-0.2, 0) is 9.47 Å². The molecule has 0 amide bonds. The van der Waals surface area contributed by atoms with Gasteiger partial charge in [0.25, 0.3) is 0 Å². The SMILES string of the molecule is COC(=O)c1ccnc(SSc2cc(C(=O)OC)ccn2)c1. The lowest BCUT2D eigenvalue weighted by Crippen LogP contribution is -2.01. The van der Waals surface area contributed by atoms with Gasteiger partial charge < -0.3 is 9.47 Å². The number of hydrogen-bond acceptors (Lipinski definition) is 8. The molecule has 22 heavy (non-hydrogen) atoms. The van der Waals surface area contributed by atoms with Gasteiger partial charge in [-0.05, 0) is 45.9 Å². The van der Waals surface area contributed by atoms with Gasteiger partial charge in [0.15, 0.2) is 0 Å². The van der Waals surface area contributed by atoms with Gasteiger partial charge in [0.2, 0.25) is 0 Å². The van der Waals surface area contributed by atoms with Gasteiger partial charge in [-0.3, -0.25) is 0 Å². The number of aromatic nitrogens is 2. The summed E-state index contributed by atoms with van der Waals surface area (Å²) in [6.07, 6.45) is 3.07. The highest BCUT2D eigenvalue weighted by Crippen LogP contribution is 2.35. The molecule has 0 aliphatic rings. The summed E-state index contributed by atoms with van der Waals surface area (Å²) in [6, 6.07) is 6.43. The Morgan fingerprint density at radius 1 is 0.864 bits per heavy atom. The first-order chi connectivity index (χ1) is 10.6. The van der Waals surface area contributed by atoms with Crippen molar-refractivity contribution in [3.8, 4) is 0 Å². The van der Waals surface area contributed by atoms with Crippen LogP contribution in [0.15, 0.2) is 46.7 Å². The molecule has 114 valence electrons. The van der Waals surface area contributed by atoms with Crippen LogP contribution in [0.25, 0.3) is 0 Å². The molecular formula is C14H12N2O4S2. The van der Waals surface area contributed by atoms with Gasteiger partial charge in [0, 0.05) is 12.4 Å². The number of carbonyl (C=O) groups is 2. The molecule has 0 radical (unpaired) electrons. The monoisotopic (exact) mass is 336 g/mol. The summed E-state index contributed by atoms with van der Waals surface area (Å²) in [7, 11) is 5.31. The molecule has 0 aliphatic heterocycles. The summed E-state index contributed by atoms with van der Waals surface area (Å²) in [4.78, 5) is 31.2. The maximum absolute atomic E-state index is 11.5. The molecule has 2 heterocycles. The van der Waals surface area contributed by atoms with Crippen molar-refractivity contribution in [1.82, 2.24) is 9.97 Å². The van der Waals surface area contributed by atoms with E-state index in [2.05, 4.69) is 19.4 Å². The number of methoxy groups -OCH3 is 2. The van der Waals surface area contributed by atoms with E-state index in [1.807, 2.05) is 0 Å². The van der Waals surface area contributed by atoms with Gasteiger partial charge in [0.1, 0.15) is 10.1 Å². The zero-order valence-corrected chi connectivity index (χ0v) is 13.4. The fourth-order valence-electron chi connectivity index (χ4n) is 1.49. The first-order valence-electron chi connectivity index (χ1n) is 6.07. The third-order valence-corrected chi connectivity index (χ3v) is 4.67. The number of nitrogens with zero attached hydrogens (tertiary/aromatic N) is 2. The summed E-state index contributed by atoms with van der Waals surface area (Å²) in [5.41, 5.74) is 0.855. The number of rotatable bonds is 5. The maximum Gasteiger partial charge on any atom is 0.337 e. The molecule has 0 bridgehead atoms. The molecule has 2 aromatic heterocycles. The number of hydrogen-bond donors (Lipinski definition) is 0. The zero-order chi connectivity index (χ0) is 15.9. The first-order valence-corrected chi connectivity index (χ1v) is 8.22. The average molecular weight is 336 g/mol. The fourth-order valence-corrected chi connectivity index (χ4v) is 3.27. The molecule has 6 nitrogen and oxygen atoms in total. The highest BCUT2D eigenvalue weighted by molar-refractivity contribution is 8.76. The Labute approximate surface area is 135 Å². The predicted octanol–water partition coefficient (Wildman–Crippen LogP) is 2.85. The van der Waals surface area contributed by atoms with Gasteiger partial charge in [-0.2, -0.15) is 0 Å². The summed E-state index contributed by atoms with van der Waals surface area (Å²) < 4.78 is 9.32. The van der Waals surface area contributed by atoms with E-state index in [-0.39, 0.29) is 0 Å². The molecule has 0 aliphatic carbocycles. The summed E-state index contributed by atoms with van der Waals surface area (Å²) in [5.74, 6) is -0.833. The van der Waals surface area contributed by atoms with Gasteiger partial charge in [-0.15, -0.1) is 0 Å². The smallest absolute Gasteiger partial charge is 0.337 e. The second-order valence-corrected chi connectivity index (χ2v) is 6.09. The Hall–Kier alpha value is -2.06. The zero-order valence-electron chi connectivity index (χ0n) is 11.8. The van der Waals surface area contributed by atoms with Crippen LogP contribution >= 0.6 is 21.6 Å². The molecule has 2 rings (SSSR count). The summed E-state index contributed by atoms with van der Waals surface area (Å²) in [5, 5.41) is 1.27. The number of ether oxygens (including phenoxy) is 2. The van der Waals surface area contributed by atoms with Gasteiger partial charge >= 0.3 is 11.9 Å². The summed E-state index contributed by atoms with van der Waals surface area (Å²) >= 11 is 0. The molecule has 0 unspecified atom stereocenters. The number of esters is 2. The van der Waals surface area contributed by atoms with Crippen LogP contribution in [0.4, 0.5) is 0 Å². The van der Waals surface area contributed by atoms with Crippen LogP contribution in [-0.4, -0.2) is 36.1 Å². The quantitative estimate of drug-likeness (QED) is 0.609. The molecule has 0 aromatic carbocycles. The van der Waals surface area contributed by atoms with Gasteiger partial charge in [-0.25, -0.2) is 19.6 Å². The van der Waals surface area contributed by atoms with Crippen LogP contribution in [0, 0.1) is 0 Å². The third kappa shape index (κ3) is 4.22. The van der Waals surface area contributed by atoms with E-state index >= 15 is 0 Å². The van der Waals surface area contributed by atoms with Gasteiger partial charge in [0.05, 0.1) is 25.3 Å². The van der Waals surface area contributed by atoms with Crippen molar-refractivity contribution in [1.29, 1.82) is 0 Å². The van der Waals surface area contributed by atoms with Crippen molar-refractivity contribution in [2.45, 2.75) is 10.1 Å². The lowest BCUT2D eigenvalue weighted by Gasteiger charge is -2.04. The molecule has 2 aromatic rings. The lowest BCUT2D eigenvalue weighted by molar-refractivity contribution is 0.0591. The Kier molecular flexibility index (Phi) is 5.79. The Bertz CT molecular complexity index is 635. The van der Waals surface area contributed by atoms with Crippen molar-refractivity contribution >= 4 is 33.5 Å². The molecule has 8 heteroatoms. The van der Waals surface area contributed by atoms with E-state index in [1.54, 1.807) is 24.3 Å². The van der Waals surface area contributed by atoms with Crippen molar-refractivity contribution in [3.63, 3.8) is 0 Å². The Morgan fingerprint density at radius 2 is 1.27 bits per heavy atom. The second-order valence-electron chi connectivity index (χ2n) is 3.92. The minimum absolute atomic E-state index is 0.417. The van der Waals surface area contributed by atoms with Crippen LogP contribution in [0.3, 0.4) is 0 Å². The summed E-state index contributed by atoms with van der Waals surface area (Å²) in [6.45, 7) is 0. The van der Waals surface area contributed by atoms with Crippen LogP contribution in [0.5, 0.6) is 0 Å². The molecule has 0 N–H and O–H groups in total. The molecule has 0 saturated carbocycles. The normalized spacial score (nSPS) is 10.1. The van der Waals surface area contributed by atoms with E-state index in [0.717, 1.165) is 0 Å². The van der Waals surface area contributed by atoms with E-state index < -0.39 is 11.9 Å². The first kappa shape index (κ1) is 16.3. The van der Waals surface area contributed by atoms with E-state index in [0.29, 0.717) is 21.2 Å². The minimum Gasteiger partial charge on any atom is -0.465 e. The standard InChI is InChI=1S/C14H12N2O4S2/c1-19-13(17)9-3-5-15-11(7-9)21-22-12-8-10(4-6-16-12)14(18)20-2/h3-8H,1-2H3. The van der Waals surface area contributed by atoms with Crippen LogP contribution in [0.2, 0.25) is 0 Å². The van der Waals surface area contributed by atoms with E-state index in [4.69, 9.17) is 0 Å². The fraction of sp³-hybridized carbons (Fsp3) is 0.143. The van der Waals surface area contributed by atoms with Crippen LogP contribution in [0.1, 0.15) is 20.7 Å². The average Bonchev–Trinajstić information content (AvgIpc) is 2.59. The minimum atomic E-state index is -0.417. The Balaban J connectivity index is 2.07. The molecule has 0 fully saturated rings. The largest absolute Gasteiger partial charge is 0.465 e. The highest BCUT2D eigenvalue weighted by Gasteiger charge is 2.10. The molecule has 0 saturated heterocycles. The van der Waals surface area contributed by atoms with Gasteiger partial charge in [-0.1, -0.05) is 0 Å². The number of carbonyl (C=O) groups excluding carboxylic acids is 2. The Morgan fingerprint density at radius 3 is 1.64 bits per heavy atom. The van der Waals surface area contributed by atoms with Crippen molar-refractivity contribution in [2.75, 3.05) is 14.2 Å². The predicted molar refractivity (Wildman–Crippen MR) is 82.9 cm³/mol. The third-order valence-electron chi connectivity index (χ3n) is 2.52. The van der Waals surface area contributed by atoms with E-state index in [9.17, 15) is 9.59 Å². The van der Waals surface area contributed by atoms with E-state index in [1.165, 1.54) is 48.2 Å². The topological polar surface area (TPSA) is 78.4 Å². The van der Waals surface area contributed by atoms with Crippen LogP contribution < -0.4 is 0 Å². The maximum atomic E-state index is 11.5.